The van der Waals surface area contributed by atoms with Crippen molar-refractivity contribution >= 4 is 40.3 Å². The summed E-state index contributed by atoms with van der Waals surface area (Å²) in [7, 11) is 0. The molecule has 0 bridgehead atoms. The Morgan fingerprint density at radius 3 is 2.76 bits per heavy atom. The maximum Gasteiger partial charge on any atom is 0.416 e. The largest absolute Gasteiger partial charge is 0.416 e. The second kappa shape index (κ2) is 10.1. The first-order valence-corrected chi connectivity index (χ1v) is 12.1. The lowest BCUT2D eigenvalue weighted by atomic mass is 10.2. The van der Waals surface area contributed by atoms with E-state index in [4.69, 9.17) is 0 Å². The second-order valence-electron chi connectivity index (χ2n) is 8.49. The summed E-state index contributed by atoms with van der Waals surface area (Å²) in [5.74, 6) is 0.0247. The molecule has 5 aromatic rings. The van der Waals surface area contributed by atoms with Crippen molar-refractivity contribution in [2.24, 2.45) is 0 Å². The number of hydrogen-bond donors (Lipinski definition) is 2. The first-order chi connectivity index (χ1) is 18.2. The highest BCUT2D eigenvalue weighted by atomic mass is 32.1. The number of benzene rings is 1. The molecule has 5 rings (SSSR count). The summed E-state index contributed by atoms with van der Waals surface area (Å²) in [5.41, 5.74) is 3.18. The average molecular weight is 540 g/mol. The molecule has 0 spiro atoms. The number of alkyl halides is 3. The fourth-order valence-electron chi connectivity index (χ4n) is 3.71. The number of amides is 1. The third-order valence-corrected chi connectivity index (χ3v) is 6.23. The molecule has 1 aromatic carbocycles. The molecule has 0 saturated carbocycles. The highest BCUT2D eigenvalue weighted by Gasteiger charge is 2.30. The predicted octanol–water partition coefficient (Wildman–Crippen LogP) is 4.69. The number of rotatable bonds is 7. The minimum atomic E-state index is -4.49. The quantitative estimate of drug-likeness (QED) is 0.305. The van der Waals surface area contributed by atoms with Gasteiger partial charge in [-0.2, -0.15) is 21.9 Å². The van der Waals surface area contributed by atoms with Crippen LogP contribution in [0, 0.1) is 6.92 Å². The molecule has 0 aliphatic carbocycles. The van der Waals surface area contributed by atoms with E-state index in [2.05, 4.69) is 39.7 Å². The van der Waals surface area contributed by atoms with E-state index in [-0.39, 0.29) is 24.1 Å². The highest BCUT2D eigenvalue weighted by Crippen LogP contribution is 2.31. The van der Waals surface area contributed by atoms with Crippen LogP contribution in [0.4, 0.5) is 24.8 Å². The van der Waals surface area contributed by atoms with Crippen LogP contribution >= 0.6 is 11.7 Å². The first-order valence-electron chi connectivity index (χ1n) is 11.4. The van der Waals surface area contributed by atoms with Gasteiger partial charge >= 0.3 is 6.18 Å². The zero-order valence-corrected chi connectivity index (χ0v) is 20.9. The van der Waals surface area contributed by atoms with Gasteiger partial charge in [0.15, 0.2) is 0 Å². The summed E-state index contributed by atoms with van der Waals surface area (Å²) >= 11 is 1.11. The van der Waals surface area contributed by atoms with Crippen molar-refractivity contribution in [1.29, 1.82) is 0 Å². The number of anilines is 2. The molecule has 1 atom stereocenters. The minimum Gasteiger partial charge on any atom is -0.350 e. The molecule has 38 heavy (non-hydrogen) atoms. The molecule has 0 fully saturated rings. The van der Waals surface area contributed by atoms with Gasteiger partial charge in [0.05, 0.1) is 29.2 Å². The number of carbonyl (C=O) groups is 1. The van der Waals surface area contributed by atoms with Crippen LogP contribution in [0.3, 0.4) is 0 Å². The third-order valence-electron chi connectivity index (χ3n) is 5.68. The normalized spacial score (nSPS) is 12.4. The van der Waals surface area contributed by atoms with Crippen molar-refractivity contribution in [1.82, 2.24) is 39.0 Å². The number of nitrogens with one attached hydrogen (secondary N) is 2. The van der Waals surface area contributed by atoms with E-state index in [0.29, 0.717) is 11.4 Å². The lowest BCUT2D eigenvalue weighted by Crippen LogP contribution is -2.31. The number of hydrogen-bond acceptors (Lipinski definition) is 9. The smallest absolute Gasteiger partial charge is 0.350 e. The Morgan fingerprint density at radius 1 is 1.11 bits per heavy atom. The van der Waals surface area contributed by atoms with E-state index in [0.717, 1.165) is 52.2 Å². The van der Waals surface area contributed by atoms with Gasteiger partial charge in [-0.1, -0.05) is 17.3 Å². The SMILES string of the molecule is Cc1cc(Nc2cc(C(F)(F)F)ccn2)nc(-c2cn(C(C)C(=O)NCc3cccc4nsnc34)nn2)c1. The second-order valence-corrected chi connectivity index (χ2v) is 9.02. The molecule has 2 N–H and O–H groups in total. The Balaban J connectivity index is 1.29. The van der Waals surface area contributed by atoms with E-state index in [1.807, 2.05) is 25.1 Å². The zero-order chi connectivity index (χ0) is 26.9. The van der Waals surface area contributed by atoms with Crippen molar-refractivity contribution in [3.8, 4) is 11.4 Å². The molecule has 194 valence electrons. The molecule has 0 saturated heterocycles. The standard InChI is InChI=1S/C24H20F3N9OS/c1-13-8-18(30-21(9-13)31-20-10-16(6-7-28-20)24(25,26)27)19-12-36(35-32-19)14(2)23(37)29-11-15-4-3-5-17-22(15)34-38-33-17/h3-10,12,14H,11H2,1-2H3,(H,29,37)(H,28,30,31). The summed E-state index contributed by atoms with van der Waals surface area (Å²) in [6, 6.07) is 10.2. The summed E-state index contributed by atoms with van der Waals surface area (Å²) < 4.78 is 49.0. The Morgan fingerprint density at radius 2 is 1.95 bits per heavy atom. The Labute approximate surface area is 218 Å². The number of nitrogens with zero attached hydrogens (tertiary/aromatic N) is 7. The summed E-state index contributed by atoms with van der Waals surface area (Å²) in [5, 5.41) is 13.9. The average Bonchev–Trinajstić information content (AvgIpc) is 3.56. The Bertz CT molecular complexity index is 1620. The summed E-state index contributed by atoms with van der Waals surface area (Å²) in [6.45, 7) is 3.79. The van der Waals surface area contributed by atoms with Crippen molar-refractivity contribution in [3.05, 3.63) is 71.5 Å². The number of pyridine rings is 2. The van der Waals surface area contributed by atoms with E-state index in [9.17, 15) is 18.0 Å². The first kappa shape index (κ1) is 25.2. The van der Waals surface area contributed by atoms with E-state index >= 15 is 0 Å². The van der Waals surface area contributed by atoms with Crippen LogP contribution < -0.4 is 10.6 Å². The minimum absolute atomic E-state index is 0.00180. The predicted molar refractivity (Wildman–Crippen MR) is 134 cm³/mol. The number of halogens is 3. The van der Waals surface area contributed by atoms with Gasteiger partial charge in [-0.3, -0.25) is 4.79 Å². The van der Waals surface area contributed by atoms with Gasteiger partial charge < -0.3 is 10.6 Å². The molecule has 0 aliphatic heterocycles. The van der Waals surface area contributed by atoms with Crippen LogP contribution in [0.1, 0.15) is 29.7 Å². The van der Waals surface area contributed by atoms with Crippen molar-refractivity contribution < 1.29 is 18.0 Å². The third kappa shape index (κ3) is 5.44. The monoisotopic (exact) mass is 539 g/mol. The van der Waals surface area contributed by atoms with E-state index in [1.54, 1.807) is 25.3 Å². The van der Waals surface area contributed by atoms with Crippen LogP contribution in [-0.4, -0.2) is 39.6 Å². The lowest BCUT2D eigenvalue weighted by Gasteiger charge is -2.12. The van der Waals surface area contributed by atoms with E-state index in [1.165, 1.54) is 4.68 Å². The van der Waals surface area contributed by atoms with Gasteiger partial charge in [-0.25, -0.2) is 14.6 Å². The molecule has 4 heterocycles. The molecule has 10 nitrogen and oxygen atoms in total. The Kier molecular flexibility index (Phi) is 6.72. The number of carbonyl (C=O) groups excluding carboxylic acids is 1. The molecule has 1 amide bonds. The maximum absolute atomic E-state index is 13.0. The van der Waals surface area contributed by atoms with Crippen LogP contribution in [0.5, 0.6) is 0 Å². The number of aryl methyl sites for hydroxylation is 1. The van der Waals surface area contributed by atoms with Crippen LogP contribution in [0.2, 0.25) is 0 Å². The molecular weight excluding hydrogens is 519 g/mol. The van der Waals surface area contributed by atoms with Crippen LogP contribution in [0.25, 0.3) is 22.4 Å². The maximum atomic E-state index is 13.0. The molecule has 0 radical (unpaired) electrons. The van der Waals surface area contributed by atoms with Gasteiger partial charge in [-0.15, -0.1) is 5.10 Å². The van der Waals surface area contributed by atoms with Gasteiger partial charge in [0.1, 0.15) is 34.4 Å². The van der Waals surface area contributed by atoms with Gasteiger partial charge in [0.25, 0.3) is 0 Å². The highest BCUT2D eigenvalue weighted by molar-refractivity contribution is 7.00. The van der Waals surface area contributed by atoms with Crippen LogP contribution in [0.15, 0.2) is 54.9 Å². The fraction of sp³-hybridized carbons (Fsp3) is 0.208. The number of aromatic nitrogens is 7. The zero-order valence-electron chi connectivity index (χ0n) is 20.1. The van der Waals surface area contributed by atoms with Gasteiger partial charge in [0, 0.05) is 18.3 Å². The van der Waals surface area contributed by atoms with Crippen LogP contribution in [-0.2, 0) is 17.5 Å². The van der Waals surface area contributed by atoms with Crippen molar-refractivity contribution in [2.75, 3.05) is 5.32 Å². The van der Waals surface area contributed by atoms with Gasteiger partial charge in [0.2, 0.25) is 5.91 Å². The van der Waals surface area contributed by atoms with Crippen molar-refractivity contribution in [3.63, 3.8) is 0 Å². The van der Waals surface area contributed by atoms with Crippen molar-refractivity contribution in [2.45, 2.75) is 32.6 Å². The Hall–Kier alpha value is -4.46. The topological polar surface area (TPSA) is 123 Å². The summed E-state index contributed by atoms with van der Waals surface area (Å²) in [4.78, 5) is 21.2. The number of fused-ring (bicyclic) bond motifs is 1. The van der Waals surface area contributed by atoms with E-state index < -0.39 is 17.8 Å². The molecule has 4 aromatic heterocycles. The van der Waals surface area contributed by atoms with Gasteiger partial charge in [-0.05, 0) is 49.7 Å². The molecule has 0 aliphatic rings. The molecule has 14 heteroatoms. The fourth-order valence-corrected chi connectivity index (χ4v) is 4.28. The molecule has 1 unspecified atom stereocenters. The summed E-state index contributed by atoms with van der Waals surface area (Å²) in [6.07, 6.45) is -1.82. The lowest BCUT2D eigenvalue weighted by molar-refractivity contribution is -0.137. The molecular formula is C24H20F3N9OS.